The van der Waals surface area contributed by atoms with Gasteiger partial charge in [-0.25, -0.2) is 4.79 Å². The Hall–Kier alpha value is -3.10. The van der Waals surface area contributed by atoms with E-state index in [1.165, 1.54) is 21.0 Å². The van der Waals surface area contributed by atoms with Gasteiger partial charge in [0, 0.05) is 11.3 Å². The molecule has 166 valence electrons. The number of benzene rings is 1. The highest BCUT2D eigenvalue weighted by molar-refractivity contribution is 5.98. The fourth-order valence-corrected chi connectivity index (χ4v) is 2.70. The van der Waals surface area contributed by atoms with E-state index in [0.29, 0.717) is 17.7 Å². The van der Waals surface area contributed by atoms with Crippen molar-refractivity contribution in [3.05, 3.63) is 29.8 Å². The monoisotopic (exact) mass is 420 g/mol. The normalized spacial score (nSPS) is 13.5. The van der Waals surface area contributed by atoms with Gasteiger partial charge in [0.15, 0.2) is 0 Å². The van der Waals surface area contributed by atoms with Crippen molar-refractivity contribution in [2.24, 2.45) is 0 Å². The van der Waals surface area contributed by atoms with Crippen molar-refractivity contribution in [3.8, 4) is 0 Å². The molecular weight excluding hydrogens is 388 g/mol. The maximum atomic E-state index is 12.7. The number of hydrogen-bond donors (Lipinski definition) is 4. The first-order chi connectivity index (χ1) is 14.2. The van der Waals surface area contributed by atoms with E-state index in [1.54, 1.807) is 24.3 Å². The topological polar surface area (TPSA) is 140 Å². The zero-order valence-electron chi connectivity index (χ0n) is 18.0. The highest BCUT2D eigenvalue weighted by atomic mass is 16.5. The van der Waals surface area contributed by atoms with Gasteiger partial charge >= 0.3 is 5.97 Å². The average molecular weight is 421 g/mol. The number of rotatable bonds is 11. The third-order valence-corrected chi connectivity index (χ3v) is 4.56. The van der Waals surface area contributed by atoms with E-state index >= 15 is 0 Å². The van der Waals surface area contributed by atoms with Gasteiger partial charge in [0.1, 0.15) is 18.1 Å². The molecule has 0 heterocycles. The van der Waals surface area contributed by atoms with Crippen LogP contribution < -0.4 is 21.7 Å². The van der Waals surface area contributed by atoms with E-state index < -0.39 is 41.8 Å². The van der Waals surface area contributed by atoms with E-state index in [1.807, 2.05) is 6.92 Å². The lowest BCUT2D eigenvalue weighted by Crippen LogP contribution is -2.54. The molecule has 0 aliphatic heterocycles. The van der Waals surface area contributed by atoms with Crippen LogP contribution in [0.25, 0.3) is 0 Å². The highest BCUT2D eigenvalue weighted by Crippen LogP contribution is 2.09. The fourth-order valence-electron chi connectivity index (χ4n) is 2.70. The summed E-state index contributed by atoms with van der Waals surface area (Å²) < 4.78 is 4.56. The Balaban J connectivity index is 2.76. The number of ether oxygens (including phenoxy) is 1. The molecule has 0 aliphatic rings. The molecule has 1 rings (SSSR count). The Morgan fingerprint density at radius 1 is 0.933 bits per heavy atom. The van der Waals surface area contributed by atoms with Gasteiger partial charge in [-0.3, -0.25) is 14.4 Å². The molecule has 0 aromatic heterocycles. The van der Waals surface area contributed by atoms with Crippen LogP contribution in [0, 0.1) is 0 Å². The first-order valence-corrected chi connectivity index (χ1v) is 10.0. The van der Waals surface area contributed by atoms with Crippen LogP contribution >= 0.6 is 0 Å². The minimum atomic E-state index is -0.897. The second-order valence-electron chi connectivity index (χ2n) is 7.13. The number of nitrogens with one attached hydrogen (secondary N) is 3. The number of amides is 3. The number of methoxy groups -OCH3 is 1. The van der Waals surface area contributed by atoms with Crippen molar-refractivity contribution >= 4 is 29.4 Å². The second-order valence-corrected chi connectivity index (χ2v) is 7.13. The zero-order chi connectivity index (χ0) is 22.7. The van der Waals surface area contributed by atoms with Crippen molar-refractivity contribution in [1.82, 2.24) is 16.0 Å². The van der Waals surface area contributed by atoms with Crippen molar-refractivity contribution in [3.63, 3.8) is 0 Å². The molecule has 0 bridgehead atoms. The van der Waals surface area contributed by atoms with Crippen LogP contribution in [0.1, 0.15) is 56.8 Å². The lowest BCUT2D eigenvalue weighted by Gasteiger charge is -2.22. The summed E-state index contributed by atoms with van der Waals surface area (Å²) in [5.41, 5.74) is 6.56. The van der Waals surface area contributed by atoms with Gasteiger partial charge in [-0.2, -0.15) is 0 Å². The molecule has 3 atom stereocenters. The lowest BCUT2D eigenvalue weighted by atomic mass is 10.1. The standard InChI is InChI=1S/C21H32N4O5/c1-5-6-7-8-17(25-19(27)15-9-11-16(22)12-10-15)20(28)23-13(2)18(26)24-14(3)21(29)30-4/h9-14,17H,5-8,22H2,1-4H3,(H,23,28)(H,24,26)(H,25,27)/t13-,14-,17-/m0/s1. The number of hydrogen-bond acceptors (Lipinski definition) is 6. The van der Waals surface area contributed by atoms with Gasteiger partial charge in [0.25, 0.3) is 5.91 Å². The first kappa shape index (κ1) is 24.9. The van der Waals surface area contributed by atoms with Crippen molar-refractivity contribution in [2.75, 3.05) is 12.8 Å². The van der Waals surface area contributed by atoms with Gasteiger partial charge in [0.05, 0.1) is 7.11 Å². The summed E-state index contributed by atoms with van der Waals surface area (Å²) in [6.45, 7) is 5.03. The maximum absolute atomic E-state index is 12.7. The number of unbranched alkanes of at least 4 members (excludes halogenated alkanes) is 2. The van der Waals surface area contributed by atoms with Crippen LogP contribution in [0.4, 0.5) is 5.69 Å². The van der Waals surface area contributed by atoms with E-state index in [0.717, 1.165) is 19.3 Å². The Labute approximate surface area is 177 Å². The molecule has 5 N–H and O–H groups in total. The Morgan fingerprint density at radius 3 is 2.10 bits per heavy atom. The van der Waals surface area contributed by atoms with E-state index in [9.17, 15) is 19.2 Å². The van der Waals surface area contributed by atoms with Gasteiger partial charge in [-0.05, 0) is 44.5 Å². The molecule has 0 unspecified atom stereocenters. The fraction of sp³-hybridized carbons (Fsp3) is 0.524. The Morgan fingerprint density at radius 2 is 1.53 bits per heavy atom. The number of esters is 1. The number of carbonyl (C=O) groups excluding carboxylic acids is 4. The number of nitrogens with two attached hydrogens (primary N) is 1. The van der Waals surface area contributed by atoms with Crippen molar-refractivity contribution in [2.45, 2.75) is 64.6 Å². The second kappa shape index (κ2) is 12.5. The summed E-state index contributed by atoms with van der Waals surface area (Å²) >= 11 is 0. The average Bonchev–Trinajstić information content (AvgIpc) is 2.72. The molecule has 0 radical (unpaired) electrons. The Bertz CT molecular complexity index is 735. The summed E-state index contributed by atoms with van der Waals surface area (Å²) in [4.78, 5) is 48.9. The summed E-state index contributed by atoms with van der Waals surface area (Å²) in [6, 6.07) is 3.84. The molecule has 9 nitrogen and oxygen atoms in total. The molecule has 0 spiro atoms. The number of carbonyl (C=O) groups is 4. The minimum absolute atomic E-state index is 0.384. The quantitative estimate of drug-likeness (QED) is 0.240. The van der Waals surface area contributed by atoms with Crippen molar-refractivity contribution in [1.29, 1.82) is 0 Å². The van der Waals surface area contributed by atoms with Gasteiger partial charge in [0.2, 0.25) is 11.8 Å². The smallest absolute Gasteiger partial charge is 0.328 e. The predicted octanol–water partition coefficient (Wildman–Crippen LogP) is 1.13. The van der Waals surface area contributed by atoms with E-state index in [-0.39, 0.29) is 0 Å². The molecule has 1 aromatic carbocycles. The third kappa shape index (κ3) is 8.10. The summed E-state index contributed by atoms with van der Waals surface area (Å²) in [6.07, 6.45) is 3.06. The summed E-state index contributed by atoms with van der Waals surface area (Å²) in [5.74, 6) is -1.99. The Kier molecular flexibility index (Phi) is 10.4. The molecule has 3 amide bonds. The molecule has 9 heteroatoms. The van der Waals surface area contributed by atoms with Crippen LogP contribution in [-0.4, -0.2) is 48.9 Å². The molecule has 0 saturated carbocycles. The summed E-state index contributed by atoms with van der Waals surface area (Å²) in [7, 11) is 1.22. The lowest BCUT2D eigenvalue weighted by molar-refractivity contribution is -0.144. The van der Waals surface area contributed by atoms with Crippen LogP contribution in [0.15, 0.2) is 24.3 Å². The molecular formula is C21H32N4O5. The predicted molar refractivity (Wildman–Crippen MR) is 113 cm³/mol. The van der Waals surface area contributed by atoms with Crippen LogP contribution in [0.3, 0.4) is 0 Å². The number of nitrogen functional groups attached to an aromatic ring is 1. The molecule has 1 aromatic rings. The summed E-state index contributed by atoms with van der Waals surface area (Å²) in [5, 5.41) is 7.79. The maximum Gasteiger partial charge on any atom is 0.328 e. The van der Waals surface area contributed by atoms with Gasteiger partial charge in [-0.1, -0.05) is 26.2 Å². The SMILES string of the molecule is CCCCC[C@H](NC(=O)c1ccc(N)cc1)C(=O)N[C@@H](C)C(=O)N[C@@H](C)C(=O)OC. The molecule has 0 saturated heterocycles. The largest absolute Gasteiger partial charge is 0.467 e. The van der Waals surface area contributed by atoms with Crippen LogP contribution in [0.2, 0.25) is 0 Å². The number of anilines is 1. The van der Waals surface area contributed by atoms with E-state index in [2.05, 4.69) is 20.7 Å². The molecule has 0 fully saturated rings. The van der Waals surface area contributed by atoms with E-state index in [4.69, 9.17) is 5.73 Å². The van der Waals surface area contributed by atoms with Crippen molar-refractivity contribution < 1.29 is 23.9 Å². The highest BCUT2D eigenvalue weighted by Gasteiger charge is 2.26. The minimum Gasteiger partial charge on any atom is -0.467 e. The van der Waals surface area contributed by atoms with Crippen LogP contribution in [-0.2, 0) is 19.1 Å². The zero-order valence-corrected chi connectivity index (χ0v) is 18.0. The molecule has 0 aliphatic carbocycles. The van der Waals surface area contributed by atoms with Crippen LogP contribution in [0.5, 0.6) is 0 Å². The van der Waals surface area contributed by atoms with Gasteiger partial charge in [-0.15, -0.1) is 0 Å². The van der Waals surface area contributed by atoms with Gasteiger partial charge < -0.3 is 26.4 Å². The molecule has 30 heavy (non-hydrogen) atoms. The first-order valence-electron chi connectivity index (χ1n) is 10.0. The third-order valence-electron chi connectivity index (χ3n) is 4.56.